The van der Waals surface area contributed by atoms with Crippen molar-refractivity contribution >= 4 is 17.3 Å². The van der Waals surface area contributed by atoms with Crippen LogP contribution in [0.2, 0.25) is 0 Å². The van der Waals surface area contributed by atoms with Crippen molar-refractivity contribution in [3.63, 3.8) is 0 Å². The summed E-state index contributed by atoms with van der Waals surface area (Å²) in [6.45, 7) is 1.42. The van der Waals surface area contributed by atoms with Crippen LogP contribution < -0.4 is 10.6 Å². The second-order valence-electron chi connectivity index (χ2n) is 6.41. The molecule has 8 heteroatoms. The Labute approximate surface area is 161 Å². The molecule has 0 aliphatic heterocycles. The normalized spacial score (nSPS) is 10.9. The first-order valence-electron chi connectivity index (χ1n) is 8.67. The van der Waals surface area contributed by atoms with Crippen LogP contribution >= 0.6 is 0 Å². The molecule has 28 heavy (non-hydrogen) atoms. The van der Waals surface area contributed by atoms with Gasteiger partial charge in [0.1, 0.15) is 11.6 Å². The minimum Gasteiger partial charge on any atom is -0.369 e. The highest BCUT2D eigenvalue weighted by Gasteiger charge is 2.15. The van der Waals surface area contributed by atoms with Crippen LogP contribution in [0.25, 0.3) is 11.4 Å². The molecule has 0 atom stereocenters. The predicted molar refractivity (Wildman–Crippen MR) is 104 cm³/mol. The fourth-order valence-electron chi connectivity index (χ4n) is 2.49. The quantitative estimate of drug-likeness (QED) is 0.593. The van der Waals surface area contributed by atoms with Crippen LogP contribution in [0.15, 0.2) is 48.5 Å². The maximum atomic E-state index is 14.0. The highest BCUT2D eigenvalue weighted by Crippen LogP contribution is 2.26. The lowest BCUT2D eigenvalue weighted by atomic mass is 10.2. The molecule has 3 rings (SSSR count). The average Bonchev–Trinajstić information content (AvgIpc) is 2.69. The van der Waals surface area contributed by atoms with Crippen molar-refractivity contribution in [2.75, 3.05) is 37.8 Å². The summed E-state index contributed by atoms with van der Waals surface area (Å²) in [5.74, 6) is -2.89. The van der Waals surface area contributed by atoms with E-state index in [1.54, 1.807) is 6.07 Å². The van der Waals surface area contributed by atoms with Gasteiger partial charge in [0, 0.05) is 24.7 Å². The standard InChI is InChI=1S/C20H20F3N5/c1-28(2)11-10-24-16-12-17(25-15-9-8-14(21)18(22)19(15)23)27-20(26-16)13-6-4-3-5-7-13/h3-9,12H,10-11H2,1-2H3,(H2,24,25,26,27). The second kappa shape index (κ2) is 8.71. The Morgan fingerprint density at radius 3 is 2.32 bits per heavy atom. The van der Waals surface area contributed by atoms with Crippen LogP contribution in [0, 0.1) is 17.5 Å². The summed E-state index contributed by atoms with van der Waals surface area (Å²) in [7, 11) is 3.91. The van der Waals surface area contributed by atoms with E-state index in [1.165, 1.54) is 0 Å². The van der Waals surface area contributed by atoms with Crippen molar-refractivity contribution in [3.05, 3.63) is 66.0 Å². The largest absolute Gasteiger partial charge is 0.369 e. The van der Waals surface area contributed by atoms with Gasteiger partial charge in [0.15, 0.2) is 23.3 Å². The second-order valence-corrected chi connectivity index (χ2v) is 6.41. The van der Waals surface area contributed by atoms with Crippen molar-refractivity contribution in [3.8, 4) is 11.4 Å². The third-order valence-corrected chi connectivity index (χ3v) is 3.92. The Bertz CT molecular complexity index is 948. The molecular formula is C20H20F3N5. The topological polar surface area (TPSA) is 53.1 Å². The Morgan fingerprint density at radius 1 is 0.893 bits per heavy atom. The Morgan fingerprint density at radius 2 is 1.61 bits per heavy atom. The molecule has 0 bridgehead atoms. The number of likely N-dealkylation sites (N-methyl/N-ethyl adjacent to an activating group) is 1. The number of nitrogens with zero attached hydrogens (tertiary/aromatic N) is 3. The lowest BCUT2D eigenvalue weighted by Crippen LogP contribution is -2.21. The Balaban J connectivity index is 1.94. The van der Waals surface area contributed by atoms with Gasteiger partial charge in [-0.3, -0.25) is 0 Å². The van der Waals surface area contributed by atoms with E-state index in [2.05, 4.69) is 20.6 Å². The summed E-state index contributed by atoms with van der Waals surface area (Å²) in [5, 5.41) is 5.89. The number of rotatable bonds is 7. The summed E-state index contributed by atoms with van der Waals surface area (Å²) in [6, 6.07) is 12.8. The predicted octanol–water partition coefficient (Wildman–Crippen LogP) is 4.28. The zero-order valence-electron chi connectivity index (χ0n) is 15.5. The fourth-order valence-corrected chi connectivity index (χ4v) is 2.49. The van der Waals surface area contributed by atoms with Crippen molar-refractivity contribution in [2.45, 2.75) is 0 Å². The van der Waals surface area contributed by atoms with Crippen LogP contribution in [-0.2, 0) is 0 Å². The van der Waals surface area contributed by atoms with Gasteiger partial charge in [0.05, 0.1) is 5.69 Å². The number of halogens is 3. The first-order valence-corrected chi connectivity index (χ1v) is 8.67. The number of aromatic nitrogens is 2. The van der Waals surface area contributed by atoms with Gasteiger partial charge in [-0.05, 0) is 26.2 Å². The maximum Gasteiger partial charge on any atom is 0.196 e. The molecule has 0 spiro atoms. The van der Waals surface area contributed by atoms with Gasteiger partial charge < -0.3 is 15.5 Å². The molecule has 0 amide bonds. The average molecular weight is 387 g/mol. The summed E-state index contributed by atoms with van der Waals surface area (Å²) < 4.78 is 40.7. The van der Waals surface area contributed by atoms with Gasteiger partial charge in [0.2, 0.25) is 0 Å². The molecule has 0 saturated carbocycles. The molecule has 0 fully saturated rings. The number of anilines is 3. The minimum absolute atomic E-state index is 0.212. The molecule has 3 aromatic rings. The molecule has 0 aliphatic rings. The number of hydrogen-bond donors (Lipinski definition) is 2. The van der Waals surface area contributed by atoms with Crippen LogP contribution in [0.4, 0.5) is 30.5 Å². The van der Waals surface area contributed by atoms with Crippen LogP contribution in [-0.4, -0.2) is 42.1 Å². The summed E-state index contributed by atoms with van der Waals surface area (Å²) in [4.78, 5) is 10.9. The smallest absolute Gasteiger partial charge is 0.196 e. The van der Waals surface area contributed by atoms with Crippen molar-refractivity contribution in [1.82, 2.24) is 14.9 Å². The van der Waals surface area contributed by atoms with Crippen LogP contribution in [0.3, 0.4) is 0 Å². The summed E-state index contributed by atoms with van der Waals surface area (Å²) in [6.07, 6.45) is 0. The van der Waals surface area contributed by atoms with E-state index in [-0.39, 0.29) is 11.5 Å². The first-order chi connectivity index (χ1) is 13.4. The fraction of sp³-hybridized carbons (Fsp3) is 0.200. The van der Waals surface area contributed by atoms with Gasteiger partial charge in [-0.1, -0.05) is 30.3 Å². The molecule has 2 aromatic carbocycles. The molecule has 1 heterocycles. The Kier molecular flexibility index (Phi) is 6.10. The minimum atomic E-state index is -1.54. The Hall–Kier alpha value is -3.13. The lowest BCUT2D eigenvalue weighted by molar-refractivity contribution is 0.425. The van der Waals surface area contributed by atoms with Crippen LogP contribution in [0.1, 0.15) is 0 Å². The zero-order chi connectivity index (χ0) is 20.1. The van der Waals surface area contributed by atoms with Gasteiger partial charge >= 0.3 is 0 Å². The molecular weight excluding hydrogens is 367 g/mol. The van der Waals surface area contributed by atoms with E-state index in [9.17, 15) is 13.2 Å². The van der Waals surface area contributed by atoms with E-state index in [4.69, 9.17) is 0 Å². The molecule has 0 unspecified atom stereocenters. The molecule has 146 valence electrons. The van der Waals surface area contributed by atoms with Gasteiger partial charge in [-0.15, -0.1) is 0 Å². The van der Waals surface area contributed by atoms with Gasteiger partial charge in [-0.25, -0.2) is 23.1 Å². The van der Waals surface area contributed by atoms with Gasteiger partial charge in [0.25, 0.3) is 0 Å². The number of benzene rings is 2. The monoisotopic (exact) mass is 387 g/mol. The van der Waals surface area contributed by atoms with E-state index in [1.807, 2.05) is 49.3 Å². The highest BCUT2D eigenvalue weighted by molar-refractivity contribution is 5.65. The molecule has 0 aliphatic carbocycles. The molecule has 1 aromatic heterocycles. The third-order valence-electron chi connectivity index (χ3n) is 3.92. The molecule has 0 saturated heterocycles. The summed E-state index contributed by atoms with van der Waals surface area (Å²) >= 11 is 0. The van der Waals surface area contributed by atoms with E-state index < -0.39 is 17.5 Å². The molecule has 0 radical (unpaired) electrons. The molecule has 2 N–H and O–H groups in total. The highest BCUT2D eigenvalue weighted by atomic mass is 19.2. The number of hydrogen-bond acceptors (Lipinski definition) is 5. The zero-order valence-corrected chi connectivity index (χ0v) is 15.5. The van der Waals surface area contributed by atoms with E-state index >= 15 is 0 Å². The van der Waals surface area contributed by atoms with E-state index in [0.29, 0.717) is 18.2 Å². The van der Waals surface area contributed by atoms with Crippen molar-refractivity contribution in [1.29, 1.82) is 0 Å². The van der Waals surface area contributed by atoms with Crippen molar-refractivity contribution < 1.29 is 13.2 Å². The van der Waals surface area contributed by atoms with Gasteiger partial charge in [-0.2, -0.15) is 0 Å². The summed E-state index contributed by atoms with van der Waals surface area (Å²) in [5.41, 5.74) is 0.559. The number of nitrogens with one attached hydrogen (secondary N) is 2. The van der Waals surface area contributed by atoms with E-state index in [0.717, 1.165) is 24.2 Å². The SMILES string of the molecule is CN(C)CCNc1cc(Nc2ccc(F)c(F)c2F)nc(-c2ccccc2)n1. The maximum absolute atomic E-state index is 14.0. The third kappa shape index (κ3) is 4.77. The first kappa shape index (κ1) is 19.6. The van der Waals surface area contributed by atoms with Crippen molar-refractivity contribution in [2.24, 2.45) is 0 Å². The lowest BCUT2D eigenvalue weighted by Gasteiger charge is -2.14. The molecule has 5 nitrogen and oxygen atoms in total. The van der Waals surface area contributed by atoms with Crippen LogP contribution in [0.5, 0.6) is 0 Å².